The van der Waals surface area contributed by atoms with Crippen LogP contribution in [0.25, 0.3) is 0 Å². The third kappa shape index (κ3) is 7.73. The van der Waals surface area contributed by atoms with Gasteiger partial charge in [-0.2, -0.15) is 0 Å². The lowest BCUT2D eigenvalue weighted by Gasteiger charge is -2.21. The molecule has 0 aliphatic heterocycles. The lowest BCUT2D eigenvalue weighted by atomic mass is 10.1. The molecule has 0 saturated carbocycles. The number of esters is 1. The molecule has 0 bridgehead atoms. The highest BCUT2D eigenvalue weighted by Gasteiger charge is 2.08. The smallest absolute Gasteiger partial charge is 0.302 e. The Kier molecular flexibility index (Phi) is 8.89. The summed E-state index contributed by atoms with van der Waals surface area (Å²) >= 11 is 0. The van der Waals surface area contributed by atoms with Crippen LogP contribution in [-0.2, 0) is 16.1 Å². The highest BCUT2D eigenvalue weighted by molar-refractivity contribution is 5.94. The summed E-state index contributed by atoms with van der Waals surface area (Å²) < 4.78 is 4.88. The molecule has 0 unspecified atom stereocenters. The number of nitrogens with two attached hydrogens (primary N) is 1. The number of aliphatic hydroxyl groups excluding tert-OH is 1. The van der Waals surface area contributed by atoms with Gasteiger partial charge in [0, 0.05) is 45.2 Å². The van der Waals surface area contributed by atoms with E-state index in [0.717, 1.165) is 5.56 Å². The molecule has 7 nitrogen and oxygen atoms in total. The summed E-state index contributed by atoms with van der Waals surface area (Å²) in [4.78, 5) is 24.7. The minimum atomic E-state index is -0.330. The average Bonchev–Trinajstić information content (AvgIpc) is 2.54. The predicted molar refractivity (Wildman–Crippen MR) is 86.8 cm³/mol. The number of ether oxygens (including phenoxy) is 1. The zero-order chi connectivity index (χ0) is 17.1. The second kappa shape index (κ2) is 10.7. The first-order valence-corrected chi connectivity index (χ1v) is 7.60. The Labute approximate surface area is 136 Å². The molecular formula is C16H25N3O4. The maximum atomic E-state index is 12.0. The largest absolute Gasteiger partial charge is 0.465 e. The summed E-state index contributed by atoms with van der Waals surface area (Å²) in [5.41, 5.74) is 7.07. The Morgan fingerprint density at radius 2 is 1.91 bits per heavy atom. The number of hydrogen-bond acceptors (Lipinski definition) is 6. The molecular weight excluding hydrogens is 298 g/mol. The van der Waals surface area contributed by atoms with Crippen molar-refractivity contribution in [1.82, 2.24) is 10.2 Å². The number of carbonyl (C=O) groups is 2. The molecule has 0 spiro atoms. The molecule has 4 N–H and O–H groups in total. The van der Waals surface area contributed by atoms with E-state index < -0.39 is 0 Å². The van der Waals surface area contributed by atoms with Gasteiger partial charge in [-0.15, -0.1) is 0 Å². The van der Waals surface area contributed by atoms with Crippen LogP contribution >= 0.6 is 0 Å². The Bertz CT molecular complexity index is 491. The molecule has 128 valence electrons. The Morgan fingerprint density at radius 1 is 1.22 bits per heavy atom. The van der Waals surface area contributed by atoms with Crippen LogP contribution in [-0.4, -0.2) is 61.3 Å². The van der Waals surface area contributed by atoms with E-state index in [0.29, 0.717) is 38.3 Å². The standard InChI is InChI=1S/C16H25N3O4/c1-13(21)23-11-9-19(8-10-20)7-6-18-16(22)15-4-2-14(12-17)3-5-15/h2-5,20H,6-12,17H2,1H3,(H,18,22). The van der Waals surface area contributed by atoms with Gasteiger partial charge >= 0.3 is 5.97 Å². The van der Waals surface area contributed by atoms with Crippen molar-refractivity contribution >= 4 is 11.9 Å². The molecule has 7 heteroatoms. The van der Waals surface area contributed by atoms with Crippen LogP contribution in [0.1, 0.15) is 22.8 Å². The third-order valence-electron chi connectivity index (χ3n) is 3.29. The fourth-order valence-corrected chi connectivity index (χ4v) is 2.02. The monoisotopic (exact) mass is 323 g/mol. The van der Waals surface area contributed by atoms with Gasteiger partial charge in [0.05, 0.1) is 6.61 Å². The van der Waals surface area contributed by atoms with E-state index in [-0.39, 0.29) is 25.1 Å². The fraction of sp³-hybridized carbons (Fsp3) is 0.500. The number of nitrogens with one attached hydrogen (secondary N) is 1. The van der Waals surface area contributed by atoms with E-state index in [1.54, 1.807) is 12.1 Å². The molecule has 1 aromatic carbocycles. The molecule has 1 amide bonds. The SMILES string of the molecule is CC(=O)OCCN(CCO)CCNC(=O)c1ccc(CN)cc1. The second-order valence-electron chi connectivity index (χ2n) is 5.06. The molecule has 0 aliphatic carbocycles. The molecule has 0 saturated heterocycles. The van der Waals surface area contributed by atoms with E-state index in [2.05, 4.69) is 5.32 Å². The summed E-state index contributed by atoms with van der Waals surface area (Å²) in [6.07, 6.45) is 0. The molecule has 0 heterocycles. The third-order valence-corrected chi connectivity index (χ3v) is 3.29. The number of rotatable bonds is 10. The zero-order valence-electron chi connectivity index (χ0n) is 13.5. The Hall–Kier alpha value is -1.96. The van der Waals surface area contributed by atoms with Crippen molar-refractivity contribution in [3.8, 4) is 0 Å². The summed E-state index contributed by atoms with van der Waals surface area (Å²) in [6, 6.07) is 7.13. The quantitative estimate of drug-likeness (QED) is 0.512. The van der Waals surface area contributed by atoms with Gasteiger partial charge < -0.3 is 20.9 Å². The number of amides is 1. The second-order valence-corrected chi connectivity index (χ2v) is 5.06. The van der Waals surface area contributed by atoms with Crippen molar-refractivity contribution in [1.29, 1.82) is 0 Å². The lowest BCUT2D eigenvalue weighted by molar-refractivity contribution is -0.141. The summed E-state index contributed by atoms with van der Waals surface area (Å²) in [5.74, 6) is -0.485. The van der Waals surface area contributed by atoms with E-state index in [1.807, 2.05) is 17.0 Å². The number of carbonyl (C=O) groups excluding carboxylic acids is 2. The van der Waals surface area contributed by atoms with Gasteiger partial charge in [0.15, 0.2) is 0 Å². The van der Waals surface area contributed by atoms with Crippen LogP contribution in [0, 0.1) is 0 Å². The normalized spacial score (nSPS) is 10.6. The summed E-state index contributed by atoms with van der Waals surface area (Å²) in [7, 11) is 0. The number of hydrogen-bond donors (Lipinski definition) is 3. The van der Waals surface area contributed by atoms with Crippen LogP contribution in [0.3, 0.4) is 0 Å². The van der Waals surface area contributed by atoms with Gasteiger partial charge in [-0.05, 0) is 17.7 Å². The van der Waals surface area contributed by atoms with Crippen molar-refractivity contribution in [2.75, 3.05) is 39.4 Å². The van der Waals surface area contributed by atoms with Gasteiger partial charge in [-0.1, -0.05) is 12.1 Å². The number of nitrogens with zero attached hydrogens (tertiary/aromatic N) is 1. The maximum absolute atomic E-state index is 12.0. The maximum Gasteiger partial charge on any atom is 0.302 e. The van der Waals surface area contributed by atoms with Crippen molar-refractivity contribution in [3.05, 3.63) is 35.4 Å². The molecule has 0 aliphatic rings. The van der Waals surface area contributed by atoms with Crippen molar-refractivity contribution in [2.24, 2.45) is 5.73 Å². The van der Waals surface area contributed by atoms with Gasteiger partial charge in [0.2, 0.25) is 0 Å². The number of aliphatic hydroxyl groups is 1. The first-order chi connectivity index (χ1) is 11.1. The highest BCUT2D eigenvalue weighted by Crippen LogP contribution is 2.03. The molecule has 1 rings (SSSR count). The Balaban J connectivity index is 2.35. The van der Waals surface area contributed by atoms with Crippen molar-refractivity contribution in [2.45, 2.75) is 13.5 Å². The van der Waals surface area contributed by atoms with Crippen molar-refractivity contribution in [3.63, 3.8) is 0 Å². The topological polar surface area (TPSA) is 105 Å². The number of benzene rings is 1. The predicted octanol–water partition coefficient (Wildman–Crippen LogP) is -0.267. The van der Waals surface area contributed by atoms with Gasteiger partial charge in [0.25, 0.3) is 5.91 Å². The zero-order valence-corrected chi connectivity index (χ0v) is 13.5. The molecule has 0 aromatic heterocycles. The Morgan fingerprint density at radius 3 is 2.48 bits per heavy atom. The minimum Gasteiger partial charge on any atom is -0.465 e. The molecule has 0 atom stereocenters. The molecule has 0 radical (unpaired) electrons. The average molecular weight is 323 g/mol. The molecule has 1 aromatic rings. The van der Waals surface area contributed by atoms with Crippen LogP contribution in [0.4, 0.5) is 0 Å². The highest BCUT2D eigenvalue weighted by atomic mass is 16.5. The van der Waals surface area contributed by atoms with Crippen molar-refractivity contribution < 1.29 is 19.4 Å². The van der Waals surface area contributed by atoms with Crippen LogP contribution < -0.4 is 11.1 Å². The van der Waals surface area contributed by atoms with Gasteiger partial charge in [-0.3, -0.25) is 14.5 Å². The van der Waals surface area contributed by atoms with Gasteiger partial charge in [-0.25, -0.2) is 0 Å². The van der Waals surface area contributed by atoms with Crippen LogP contribution in [0.5, 0.6) is 0 Å². The van der Waals surface area contributed by atoms with E-state index in [9.17, 15) is 9.59 Å². The van der Waals surface area contributed by atoms with E-state index >= 15 is 0 Å². The van der Waals surface area contributed by atoms with E-state index in [4.69, 9.17) is 15.6 Å². The van der Waals surface area contributed by atoms with Crippen LogP contribution in [0.2, 0.25) is 0 Å². The first-order valence-electron chi connectivity index (χ1n) is 7.60. The van der Waals surface area contributed by atoms with E-state index in [1.165, 1.54) is 6.92 Å². The fourth-order valence-electron chi connectivity index (χ4n) is 2.02. The summed E-state index contributed by atoms with van der Waals surface area (Å²) in [5, 5.41) is 11.9. The van der Waals surface area contributed by atoms with Gasteiger partial charge in [0.1, 0.15) is 6.61 Å². The first kappa shape index (κ1) is 19.1. The lowest BCUT2D eigenvalue weighted by Crippen LogP contribution is -2.38. The minimum absolute atomic E-state index is 0.00850. The molecule has 23 heavy (non-hydrogen) atoms. The van der Waals surface area contributed by atoms with Crippen LogP contribution in [0.15, 0.2) is 24.3 Å². The molecule has 0 fully saturated rings. The summed E-state index contributed by atoms with van der Waals surface area (Å²) in [6.45, 7) is 4.06.